The topological polar surface area (TPSA) is 49.9 Å². The zero-order valence-corrected chi connectivity index (χ0v) is 11.6. The van der Waals surface area contributed by atoms with Crippen LogP contribution in [0.3, 0.4) is 0 Å². The number of rotatable bonds is 5. The third kappa shape index (κ3) is 4.72. The molecule has 1 heterocycles. The summed E-state index contributed by atoms with van der Waals surface area (Å²) in [5.41, 5.74) is 0. The summed E-state index contributed by atoms with van der Waals surface area (Å²) in [5.74, 6) is 0.493. The number of unbranched alkanes of at least 4 members (excludes halogenated alkanes) is 1. The third-order valence-electron chi connectivity index (χ3n) is 2.94. The lowest BCUT2D eigenvalue weighted by Gasteiger charge is -2.34. The highest BCUT2D eigenvalue weighted by Gasteiger charge is 2.24. The number of piperazine rings is 1. The van der Waals surface area contributed by atoms with Crippen molar-refractivity contribution in [1.82, 2.24) is 9.80 Å². The van der Waals surface area contributed by atoms with E-state index in [4.69, 9.17) is 16.3 Å². The molecule has 1 aliphatic heterocycles. The molecule has 0 aromatic heterocycles. The second-order valence-corrected chi connectivity index (χ2v) is 4.65. The van der Waals surface area contributed by atoms with E-state index < -0.39 is 0 Å². The van der Waals surface area contributed by atoms with E-state index in [-0.39, 0.29) is 18.6 Å². The molecule has 2 amide bonds. The van der Waals surface area contributed by atoms with E-state index in [0.29, 0.717) is 38.5 Å². The van der Waals surface area contributed by atoms with Gasteiger partial charge in [0.05, 0.1) is 5.88 Å². The van der Waals surface area contributed by atoms with Crippen LogP contribution in [0, 0.1) is 0 Å². The van der Waals surface area contributed by atoms with Crippen LogP contribution in [0.2, 0.25) is 0 Å². The van der Waals surface area contributed by atoms with Gasteiger partial charge in [0.1, 0.15) is 6.61 Å². The van der Waals surface area contributed by atoms with Gasteiger partial charge >= 0.3 is 6.09 Å². The minimum atomic E-state index is -0.337. The van der Waals surface area contributed by atoms with Crippen molar-refractivity contribution in [3.05, 3.63) is 0 Å². The minimum absolute atomic E-state index is 0.186. The molecule has 1 aliphatic rings. The van der Waals surface area contributed by atoms with E-state index in [1.165, 1.54) is 0 Å². The SMILES string of the molecule is CCCCC(=O)N1CCN(C(=O)OCCCl)CC1. The van der Waals surface area contributed by atoms with Gasteiger partial charge in [-0.1, -0.05) is 13.3 Å². The van der Waals surface area contributed by atoms with Gasteiger partial charge in [-0.15, -0.1) is 11.6 Å². The van der Waals surface area contributed by atoms with Crippen molar-refractivity contribution in [3.8, 4) is 0 Å². The largest absolute Gasteiger partial charge is 0.448 e. The first-order chi connectivity index (χ1) is 8.69. The Labute approximate surface area is 113 Å². The zero-order chi connectivity index (χ0) is 13.4. The molecule has 1 rings (SSSR count). The summed E-state index contributed by atoms with van der Waals surface area (Å²) in [7, 11) is 0. The highest BCUT2D eigenvalue weighted by atomic mass is 35.5. The quantitative estimate of drug-likeness (QED) is 0.718. The maximum Gasteiger partial charge on any atom is 0.409 e. The summed E-state index contributed by atoms with van der Waals surface area (Å²) in [4.78, 5) is 26.8. The third-order valence-corrected chi connectivity index (χ3v) is 3.09. The number of hydrogen-bond donors (Lipinski definition) is 0. The van der Waals surface area contributed by atoms with Crippen LogP contribution in [0.4, 0.5) is 4.79 Å². The van der Waals surface area contributed by atoms with Gasteiger partial charge in [-0.25, -0.2) is 4.79 Å². The summed E-state index contributed by atoms with van der Waals surface area (Å²) >= 11 is 5.45. The minimum Gasteiger partial charge on any atom is -0.448 e. The Morgan fingerprint density at radius 3 is 2.33 bits per heavy atom. The van der Waals surface area contributed by atoms with Crippen LogP contribution in [-0.4, -0.2) is 60.5 Å². The molecule has 0 unspecified atom stereocenters. The van der Waals surface area contributed by atoms with Crippen molar-refractivity contribution in [2.24, 2.45) is 0 Å². The van der Waals surface area contributed by atoms with Crippen LogP contribution < -0.4 is 0 Å². The Balaban J connectivity index is 2.27. The van der Waals surface area contributed by atoms with Crippen molar-refractivity contribution in [3.63, 3.8) is 0 Å². The van der Waals surface area contributed by atoms with Gasteiger partial charge in [0.25, 0.3) is 0 Å². The first kappa shape index (κ1) is 15.1. The molecule has 1 saturated heterocycles. The van der Waals surface area contributed by atoms with E-state index in [0.717, 1.165) is 12.8 Å². The number of carbonyl (C=O) groups excluding carboxylic acids is 2. The molecule has 0 atom stereocenters. The van der Waals surface area contributed by atoms with Gasteiger partial charge in [0.2, 0.25) is 5.91 Å². The first-order valence-corrected chi connectivity index (χ1v) is 6.98. The van der Waals surface area contributed by atoms with E-state index in [9.17, 15) is 9.59 Å². The second kappa shape index (κ2) is 8.19. The maximum absolute atomic E-state index is 11.8. The van der Waals surface area contributed by atoms with Crippen molar-refractivity contribution in [2.75, 3.05) is 38.7 Å². The van der Waals surface area contributed by atoms with Gasteiger partial charge in [0.15, 0.2) is 0 Å². The molecular weight excluding hydrogens is 256 g/mol. The lowest BCUT2D eigenvalue weighted by molar-refractivity contribution is -0.132. The molecule has 1 fully saturated rings. The van der Waals surface area contributed by atoms with Gasteiger partial charge < -0.3 is 14.5 Å². The van der Waals surface area contributed by atoms with Crippen molar-refractivity contribution in [2.45, 2.75) is 26.2 Å². The molecule has 0 aromatic rings. The number of carbonyl (C=O) groups is 2. The lowest BCUT2D eigenvalue weighted by Crippen LogP contribution is -2.50. The summed E-state index contributed by atoms with van der Waals surface area (Å²) in [5, 5.41) is 0. The fourth-order valence-corrected chi connectivity index (χ4v) is 1.92. The lowest BCUT2D eigenvalue weighted by atomic mass is 10.2. The monoisotopic (exact) mass is 276 g/mol. The summed E-state index contributed by atoms with van der Waals surface area (Å²) in [6.07, 6.45) is 2.22. The molecule has 0 bridgehead atoms. The molecule has 0 aliphatic carbocycles. The smallest absolute Gasteiger partial charge is 0.409 e. The standard InChI is InChI=1S/C12H21ClN2O3/c1-2-3-4-11(16)14-6-8-15(9-7-14)12(17)18-10-5-13/h2-10H2,1H3. The Hall–Kier alpha value is -0.970. The molecule has 0 spiro atoms. The Bertz CT molecular complexity index is 250. The van der Waals surface area contributed by atoms with E-state index in [2.05, 4.69) is 6.92 Å². The maximum atomic E-state index is 11.8. The second-order valence-electron chi connectivity index (χ2n) is 4.27. The number of halogens is 1. The number of alkyl halides is 1. The van der Waals surface area contributed by atoms with Crippen LogP contribution in [0.25, 0.3) is 0 Å². The average molecular weight is 277 g/mol. The molecule has 6 heteroatoms. The van der Waals surface area contributed by atoms with Gasteiger partial charge in [0, 0.05) is 32.6 Å². The normalized spacial score (nSPS) is 15.7. The Morgan fingerprint density at radius 1 is 1.17 bits per heavy atom. The fraction of sp³-hybridized carbons (Fsp3) is 0.833. The van der Waals surface area contributed by atoms with Crippen molar-refractivity contribution in [1.29, 1.82) is 0 Å². The number of ether oxygens (including phenoxy) is 1. The Morgan fingerprint density at radius 2 is 1.78 bits per heavy atom. The van der Waals surface area contributed by atoms with Crippen LogP contribution in [0.15, 0.2) is 0 Å². The predicted octanol–water partition coefficient (Wildman–Crippen LogP) is 1.70. The van der Waals surface area contributed by atoms with Gasteiger partial charge in [-0.3, -0.25) is 4.79 Å². The van der Waals surface area contributed by atoms with E-state index >= 15 is 0 Å². The van der Waals surface area contributed by atoms with Crippen molar-refractivity contribution >= 4 is 23.6 Å². The van der Waals surface area contributed by atoms with Crippen molar-refractivity contribution < 1.29 is 14.3 Å². The predicted molar refractivity (Wildman–Crippen MR) is 69.7 cm³/mol. The number of hydrogen-bond acceptors (Lipinski definition) is 3. The Kier molecular flexibility index (Phi) is 6.86. The van der Waals surface area contributed by atoms with Crippen LogP contribution >= 0.6 is 11.6 Å². The first-order valence-electron chi connectivity index (χ1n) is 6.44. The highest BCUT2D eigenvalue weighted by molar-refractivity contribution is 6.18. The molecular formula is C12H21ClN2O3. The average Bonchev–Trinajstić information content (AvgIpc) is 2.42. The van der Waals surface area contributed by atoms with E-state index in [1.54, 1.807) is 4.90 Å². The van der Waals surface area contributed by atoms with Gasteiger partial charge in [-0.2, -0.15) is 0 Å². The molecule has 0 saturated carbocycles. The molecule has 0 aromatic carbocycles. The zero-order valence-electron chi connectivity index (χ0n) is 10.9. The fourth-order valence-electron chi connectivity index (χ4n) is 1.84. The van der Waals surface area contributed by atoms with Crippen LogP contribution in [-0.2, 0) is 9.53 Å². The molecule has 0 radical (unpaired) electrons. The molecule has 18 heavy (non-hydrogen) atoms. The number of amides is 2. The van der Waals surface area contributed by atoms with E-state index in [1.807, 2.05) is 4.90 Å². The van der Waals surface area contributed by atoms with Crippen LogP contribution in [0.1, 0.15) is 26.2 Å². The number of nitrogens with zero attached hydrogens (tertiary/aromatic N) is 2. The van der Waals surface area contributed by atoms with Crippen LogP contribution in [0.5, 0.6) is 0 Å². The molecule has 5 nitrogen and oxygen atoms in total. The molecule has 104 valence electrons. The highest BCUT2D eigenvalue weighted by Crippen LogP contribution is 2.07. The van der Waals surface area contributed by atoms with Gasteiger partial charge in [-0.05, 0) is 6.42 Å². The summed E-state index contributed by atoms with van der Waals surface area (Å²) in [6, 6.07) is 0. The summed E-state index contributed by atoms with van der Waals surface area (Å²) < 4.78 is 4.94. The molecule has 0 N–H and O–H groups in total. The summed E-state index contributed by atoms with van der Waals surface area (Å²) in [6.45, 7) is 4.57.